The SMILES string of the molecule is COc1ccc(-c2oc3cc(C)cc(C)c3c(=O)c2OCC(=O)c2ccc(NC(C)=O)cc2)cc1OC. The number of anilines is 1. The maximum atomic E-state index is 13.6. The normalized spacial score (nSPS) is 10.7. The molecular formula is C29H27NO7. The molecule has 1 heterocycles. The van der Waals surface area contributed by atoms with Gasteiger partial charge in [-0.3, -0.25) is 14.4 Å². The lowest BCUT2D eigenvalue weighted by Crippen LogP contribution is -2.17. The van der Waals surface area contributed by atoms with Crippen LogP contribution in [-0.2, 0) is 4.79 Å². The van der Waals surface area contributed by atoms with Gasteiger partial charge in [0.1, 0.15) is 5.58 Å². The maximum absolute atomic E-state index is 13.6. The van der Waals surface area contributed by atoms with Crippen molar-refractivity contribution in [3.63, 3.8) is 0 Å². The average Bonchev–Trinajstić information content (AvgIpc) is 2.87. The first kappa shape index (κ1) is 25.5. The molecule has 0 saturated heterocycles. The number of ether oxygens (including phenoxy) is 3. The number of nitrogens with one attached hydrogen (secondary N) is 1. The van der Waals surface area contributed by atoms with Crippen LogP contribution in [0.5, 0.6) is 17.2 Å². The van der Waals surface area contributed by atoms with Gasteiger partial charge in [-0.15, -0.1) is 0 Å². The molecule has 1 aromatic heterocycles. The minimum Gasteiger partial charge on any atom is -0.493 e. The molecule has 190 valence electrons. The highest BCUT2D eigenvalue weighted by atomic mass is 16.5. The Morgan fingerprint density at radius 2 is 1.62 bits per heavy atom. The number of hydrogen-bond acceptors (Lipinski definition) is 7. The summed E-state index contributed by atoms with van der Waals surface area (Å²) >= 11 is 0. The Balaban J connectivity index is 1.76. The summed E-state index contributed by atoms with van der Waals surface area (Å²) in [6.45, 7) is 4.76. The number of rotatable bonds is 8. The van der Waals surface area contributed by atoms with Crippen molar-refractivity contribution in [3.05, 3.63) is 81.5 Å². The Bertz CT molecular complexity index is 1550. The first-order chi connectivity index (χ1) is 17.7. The molecule has 0 spiro atoms. The van der Waals surface area contributed by atoms with E-state index in [1.54, 1.807) is 48.5 Å². The first-order valence-electron chi connectivity index (χ1n) is 11.6. The highest BCUT2D eigenvalue weighted by Gasteiger charge is 2.22. The molecule has 0 radical (unpaired) electrons. The van der Waals surface area contributed by atoms with Gasteiger partial charge >= 0.3 is 0 Å². The van der Waals surface area contributed by atoms with Crippen LogP contribution in [0.4, 0.5) is 5.69 Å². The molecule has 0 unspecified atom stereocenters. The van der Waals surface area contributed by atoms with E-state index in [4.69, 9.17) is 18.6 Å². The van der Waals surface area contributed by atoms with Crippen LogP contribution in [-0.4, -0.2) is 32.5 Å². The van der Waals surface area contributed by atoms with Gasteiger partial charge in [0, 0.05) is 23.7 Å². The van der Waals surface area contributed by atoms with Gasteiger partial charge < -0.3 is 23.9 Å². The van der Waals surface area contributed by atoms with Gasteiger partial charge in [0.15, 0.2) is 29.6 Å². The summed E-state index contributed by atoms with van der Waals surface area (Å²) in [5.41, 5.74) is 3.19. The molecular weight excluding hydrogens is 474 g/mol. The van der Waals surface area contributed by atoms with E-state index in [1.165, 1.54) is 21.1 Å². The first-order valence-corrected chi connectivity index (χ1v) is 11.6. The fourth-order valence-corrected chi connectivity index (χ4v) is 4.14. The van der Waals surface area contributed by atoms with Crippen molar-refractivity contribution in [2.45, 2.75) is 20.8 Å². The average molecular weight is 502 g/mol. The van der Waals surface area contributed by atoms with E-state index in [1.807, 2.05) is 19.9 Å². The zero-order valence-corrected chi connectivity index (χ0v) is 21.3. The number of carbonyl (C=O) groups is 2. The third-order valence-corrected chi connectivity index (χ3v) is 5.82. The second kappa shape index (κ2) is 10.6. The van der Waals surface area contributed by atoms with Crippen LogP contribution < -0.4 is 25.0 Å². The van der Waals surface area contributed by atoms with E-state index in [2.05, 4.69) is 5.32 Å². The lowest BCUT2D eigenvalue weighted by Gasteiger charge is -2.14. The van der Waals surface area contributed by atoms with Gasteiger partial charge in [-0.05, 0) is 73.5 Å². The smallest absolute Gasteiger partial charge is 0.235 e. The molecule has 8 heteroatoms. The molecule has 8 nitrogen and oxygen atoms in total. The largest absolute Gasteiger partial charge is 0.493 e. The Labute approximate surface area is 213 Å². The predicted molar refractivity (Wildman–Crippen MR) is 141 cm³/mol. The Hall–Kier alpha value is -4.59. The van der Waals surface area contributed by atoms with Crippen LogP contribution in [0, 0.1) is 13.8 Å². The standard InChI is InChI=1S/C29H27NO7/c1-16-12-17(2)26-25(13-16)37-28(20-8-11-23(34-4)24(14-20)35-5)29(27(26)33)36-15-22(32)19-6-9-21(10-7-19)30-18(3)31/h6-14H,15H2,1-5H3,(H,30,31). The minimum atomic E-state index is -0.388. The zero-order valence-electron chi connectivity index (χ0n) is 21.3. The van der Waals surface area contributed by atoms with Gasteiger partial charge in [-0.2, -0.15) is 0 Å². The van der Waals surface area contributed by atoms with Crippen molar-refractivity contribution in [2.75, 3.05) is 26.1 Å². The summed E-state index contributed by atoms with van der Waals surface area (Å²) in [5, 5.41) is 3.04. The van der Waals surface area contributed by atoms with Crippen molar-refractivity contribution in [1.82, 2.24) is 0 Å². The van der Waals surface area contributed by atoms with E-state index < -0.39 is 0 Å². The van der Waals surface area contributed by atoms with Crippen molar-refractivity contribution < 1.29 is 28.2 Å². The Morgan fingerprint density at radius 3 is 2.27 bits per heavy atom. The molecule has 37 heavy (non-hydrogen) atoms. The monoisotopic (exact) mass is 501 g/mol. The molecule has 0 saturated carbocycles. The van der Waals surface area contributed by atoms with Crippen LogP contribution in [0.3, 0.4) is 0 Å². The number of amides is 1. The minimum absolute atomic E-state index is 0.0742. The second-order valence-electron chi connectivity index (χ2n) is 8.58. The molecule has 0 aliphatic carbocycles. The van der Waals surface area contributed by atoms with Gasteiger partial charge in [-0.1, -0.05) is 6.07 Å². The molecule has 0 fully saturated rings. The molecule has 0 aliphatic heterocycles. The quantitative estimate of drug-likeness (QED) is 0.326. The summed E-state index contributed by atoms with van der Waals surface area (Å²) < 4.78 is 22.8. The number of hydrogen-bond donors (Lipinski definition) is 1. The molecule has 4 rings (SSSR count). The maximum Gasteiger partial charge on any atom is 0.235 e. The molecule has 0 aliphatic rings. The Morgan fingerprint density at radius 1 is 0.919 bits per heavy atom. The van der Waals surface area contributed by atoms with Gasteiger partial charge in [-0.25, -0.2) is 0 Å². The van der Waals surface area contributed by atoms with Crippen molar-refractivity contribution >= 4 is 28.3 Å². The molecule has 0 bridgehead atoms. The van der Waals surface area contributed by atoms with Crippen LogP contribution in [0.15, 0.2) is 63.8 Å². The number of methoxy groups -OCH3 is 2. The number of aryl methyl sites for hydroxylation is 2. The van der Waals surface area contributed by atoms with Crippen LogP contribution in [0.1, 0.15) is 28.4 Å². The molecule has 1 N–H and O–H groups in total. The van der Waals surface area contributed by atoms with Crippen LogP contribution >= 0.6 is 0 Å². The van der Waals surface area contributed by atoms with Crippen molar-refractivity contribution in [2.24, 2.45) is 0 Å². The highest BCUT2D eigenvalue weighted by Crippen LogP contribution is 2.37. The highest BCUT2D eigenvalue weighted by molar-refractivity contribution is 5.98. The van der Waals surface area contributed by atoms with Gasteiger partial charge in [0.05, 0.1) is 19.6 Å². The molecule has 3 aromatic carbocycles. The number of carbonyl (C=O) groups excluding carboxylic acids is 2. The summed E-state index contributed by atoms with van der Waals surface area (Å²) in [6.07, 6.45) is 0. The lowest BCUT2D eigenvalue weighted by molar-refractivity contribution is -0.114. The topological polar surface area (TPSA) is 104 Å². The van der Waals surface area contributed by atoms with E-state index in [-0.39, 0.29) is 35.2 Å². The fraction of sp³-hybridized carbons (Fsp3) is 0.207. The molecule has 1 amide bonds. The number of ketones is 1. The van der Waals surface area contributed by atoms with E-state index in [0.29, 0.717) is 39.3 Å². The summed E-state index contributed by atoms with van der Waals surface area (Å²) in [4.78, 5) is 37.8. The van der Waals surface area contributed by atoms with Crippen molar-refractivity contribution in [3.8, 4) is 28.6 Å². The molecule has 0 atom stereocenters. The second-order valence-corrected chi connectivity index (χ2v) is 8.58. The van der Waals surface area contributed by atoms with Crippen LogP contribution in [0.2, 0.25) is 0 Å². The van der Waals surface area contributed by atoms with E-state index in [0.717, 1.165) is 11.1 Å². The fourth-order valence-electron chi connectivity index (χ4n) is 4.14. The van der Waals surface area contributed by atoms with Gasteiger partial charge in [0.25, 0.3) is 0 Å². The van der Waals surface area contributed by atoms with Crippen molar-refractivity contribution in [1.29, 1.82) is 0 Å². The number of benzene rings is 3. The van der Waals surface area contributed by atoms with Crippen LogP contribution in [0.25, 0.3) is 22.3 Å². The predicted octanol–water partition coefficient (Wildman–Crippen LogP) is 5.31. The molecule has 4 aromatic rings. The van der Waals surface area contributed by atoms with E-state index in [9.17, 15) is 14.4 Å². The van der Waals surface area contributed by atoms with E-state index >= 15 is 0 Å². The summed E-state index contributed by atoms with van der Waals surface area (Å²) in [5.74, 6) is 0.518. The summed E-state index contributed by atoms with van der Waals surface area (Å²) in [7, 11) is 3.04. The Kier molecular flexibility index (Phi) is 7.29. The zero-order chi connectivity index (χ0) is 26.7. The number of fused-ring (bicyclic) bond motifs is 1. The number of Topliss-reactive ketones (excluding diaryl/α,β-unsaturated/α-hetero) is 1. The van der Waals surface area contributed by atoms with Gasteiger partial charge in [0.2, 0.25) is 17.1 Å². The third kappa shape index (κ3) is 5.33. The lowest BCUT2D eigenvalue weighted by atomic mass is 10.0. The third-order valence-electron chi connectivity index (χ3n) is 5.82. The summed E-state index contributed by atoms with van der Waals surface area (Å²) in [6, 6.07) is 15.2.